The number of hydrogen-bond acceptors (Lipinski definition) is 8. The van der Waals surface area contributed by atoms with E-state index < -0.39 is 11.9 Å². The van der Waals surface area contributed by atoms with Gasteiger partial charge in [-0.25, -0.2) is 0 Å². The summed E-state index contributed by atoms with van der Waals surface area (Å²) in [6.45, 7) is 5.72. The van der Waals surface area contributed by atoms with Gasteiger partial charge in [-0.1, -0.05) is 31.2 Å². The van der Waals surface area contributed by atoms with Crippen molar-refractivity contribution in [1.29, 1.82) is 0 Å². The Kier molecular flexibility index (Phi) is 9.44. The zero-order valence-corrected chi connectivity index (χ0v) is 18.2. The van der Waals surface area contributed by atoms with Crippen LogP contribution in [-0.4, -0.2) is 52.4 Å². The van der Waals surface area contributed by atoms with Crippen molar-refractivity contribution >= 4 is 41.0 Å². The first kappa shape index (κ1) is 22.9. The molecule has 1 N–H and O–H groups in total. The van der Waals surface area contributed by atoms with Crippen LogP contribution in [0, 0.1) is 11.8 Å². The van der Waals surface area contributed by atoms with Crippen molar-refractivity contribution in [2.45, 2.75) is 43.6 Å². The summed E-state index contributed by atoms with van der Waals surface area (Å²) in [6.07, 6.45) is 4.54. The number of hydrogen-bond donors (Lipinski definition) is 1. The van der Waals surface area contributed by atoms with Gasteiger partial charge in [0.25, 0.3) is 0 Å². The van der Waals surface area contributed by atoms with Crippen molar-refractivity contribution in [1.82, 2.24) is 0 Å². The average molecular weight is 428 g/mol. The molecule has 1 aliphatic carbocycles. The second-order valence-electron chi connectivity index (χ2n) is 6.77. The summed E-state index contributed by atoms with van der Waals surface area (Å²) in [5.41, 5.74) is 0.489. The number of nitrogens with zero attached hydrogens (tertiary/aromatic N) is 1. The fourth-order valence-electron chi connectivity index (χ4n) is 3.53. The molecule has 2 rings (SSSR count). The Morgan fingerprint density at radius 2 is 2.07 bits per heavy atom. The molecule has 0 spiro atoms. The number of carbonyl (C=O) groups is 2. The molecule has 6 nitrogen and oxygen atoms in total. The Hall–Kier alpha value is -1.41. The van der Waals surface area contributed by atoms with Crippen molar-refractivity contribution in [3.05, 3.63) is 24.0 Å². The minimum Gasteiger partial charge on any atom is -0.511 e. The van der Waals surface area contributed by atoms with Crippen molar-refractivity contribution in [3.8, 4) is 0 Å². The molecule has 0 amide bonds. The smallest absolute Gasteiger partial charge is 0.316 e. The van der Waals surface area contributed by atoms with Gasteiger partial charge < -0.3 is 14.7 Å². The summed E-state index contributed by atoms with van der Waals surface area (Å²) >= 11 is 3.83. The van der Waals surface area contributed by atoms with Crippen molar-refractivity contribution in [2.24, 2.45) is 17.0 Å². The third-order valence-corrected chi connectivity index (χ3v) is 7.98. The van der Waals surface area contributed by atoms with Gasteiger partial charge in [0.1, 0.15) is 18.3 Å². The third kappa shape index (κ3) is 5.80. The van der Waals surface area contributed by atoms with Gasteiger partial charge in [0.15, 0.2) is 5.78 Å². The number of aliphatic hydroxyl groups is 1. The van der Waals surface area contributed by atoms with E-state index in [2.05, 4.69) is 11.7 Å². The van der Waals surface area contributed by atoms with Crippen molar-refractivity contribution in [3.63, 3.8) is 0 Å². The summed E-state index contributed by atoms with van der Waals surface area (Å²) in [4.78, 5) is 30.5. The number of Topliss-reactive ketones (excluding diaryl/α,β-unsaturated/α-hetero) is 1. The predicted octanol–water partition coefficient (Wildman–Crippen LogP) is 4.12. The van der Waals surface area contributed by atoms with Crippen LogP contribution in [0.5, 0.6) is 0 Å². The van der Waals surface area contributed by atoms with E-state index in [4.69, 9.17) is 9.57 Å². The summed E-state index contributed by atoms with van der Waals surface area (Å²) in [5.74, 6) is 0.241. The monoisotopic (exact) mass is 427 g/mol. The number of carbonyl (C=O) groups excluding carboxylic acids is 2. The highest BCUT2D eigenvalue weighted by Gasteiger charge is 2.43. The van der Waals surface area contributed by atoms with Crippen LogP contribution >= 0.6 is 23.5 Å². The Morgan fingerprint density at radius 1 is 1.36 bits per heavy atom. The molecule has 0 saturated carbocycles. The summed E-state index contributed by atoms with van der Waals surface area (Å²) in [6, 6.07) is 0. The van der Waals surface area contributed by atoms with Gasteiger partial charge >= 0.3 is 5.97 Å². The largest absolute Gasteiger partial charge is 0.511 e. The topological polar surface area (TPSA) is 85.2 Å². The lowest BCUT2D eigenvalue weighted by Crippen LogP contribution is -2.37. The SMILES string of the molecule is C=CCO/N=C(\CCC)C1=C(O)C(C(=O)OC)C(CCC2SCCS2)CC1=O. The van der Waals surface area contributed by atoms with E-state index in [0.717, 1.165) is 24.3 Å². The molecule has 28 heavy (non-hydrogen) atoms. The standard InChI is InChI=1S/C20H29NO5S2/c1-4-6-14(21-26-9-5-2)18-15(22)12-13(7-8-16-27-10-11-28-16)17(19(18)23)20(24)25-3/h5,13,16-17,23H,2,4,6-12H2,1,3H3/b21-14+. The molecule has 2 unspecified atom stereocenters. The van der Waals surface area contributed by atoms with E-state index in [-0.39, 0.29) is 36.1 Å². The van der Waals surface area contributed by atoms with Crippen LogP contribution < -0.4 is 0 Å². The van der Waals surface area contributed by atoms with E-state index >= 15 is 0 Å². The van der Waals surface area contributed by atoms with Crippen LogP contribution in [0.4, 0.5) is 0 Å². The molecule has 2 aliphatic rings. The molecule has 0 bridgehead atoms. The molecule has 0 aromatic carbocycles. The quantitative estimate of drug-likeness (QED) is 0.184. The fourth-order valence-corrected chi connectivity index (χ4v) is 6.40. The zero-order valence-electron chi connectivity index (χ0n) is 16.5. The van der Waals surface area contributed by atoms with Crippen LogP contribution in [0.15, 0.2) is 29.1 Å². The van der Waals surface area contributed by atoms with Crippen LogP contribution in [0.3, 0.4) is 0 Å². The second-order valence-corrected chi connectivity index (χ2v) is 9.69. The highest BCUT2D eigenvalue weighted by atomic mass is 32.2. The molecule has 8 heteroatoms. The molecule has 1 aliphatic heterocycles. The molecule has 1 saturated heterocycles. The molecule has 2 atom stereocenters. The second kappa shape index (κ2) is 11.6. The summed E-state index contributed by atoms with van der Waals surface area (Å²) < 4.78 is 5.44. The average Bonchev–Trinajstić information content (AvgIpc) is 3.19. The number of ether oxygens (including phenoxy) is 1. The zero-order chi connectivity index (χ0) is 20.5. The van der Waals surface area contributed by atoms with Crippen molar-refractivity contribution < 1.29 is 24.3 Å². The molecule has 0 aromatic rings. The maximum absolute atomic E-state index is 12.9. The first-order chi connectivity index (χ1) is 13.5. The number of esters is 1. The maximum Gasteiger partial charge on any atom is 0.316 e. The lowest BCUT2D eigenvalue weighted by Gasteiger charge is -2.31. The summed E-state index contributed by atoms with van der Waals surface area (Å²) in [5, 5.41) is 14.9. The highest BCUT2D eigenvalue weighted by Crippen LogP contribution is 2.41. The van der Waals surface area contributed by atoms with Gasteiger partial charge in [-0.2, -0.15) is 0 Å². The highest BCUT2D eigenvalue weighted by molar-refractivity contribution is 8.20. The van der Waals surface area contributed by atoms with E-state index in [1.54, 1.807) is 6.08 Å². The lowest BCUT2D eigenvalue weighted by atomic mass is 9.75. The first-order valence-corrected chi connectivity index (χ1v) is 11.7. The number of rotatable bonds is 10. The van der Waals surface area contributed by atoms with E-state index in [0.29, 0.717) is 23.1 Å². The van der Waals surface area contributed by atoms with Crippen LogP contribution in [0.1, 0.15) is 39.0 Å². The minimum absolute atomic E-state index is 0.113. The molecule has 1 fully saturated rings. The number of allylic oxidation sites excluding steroid dienone is 1. The Morgan fingerprint density at radius 3 is 2.68 bits per heavy atom. The molecule has 156 valence electrons. The Labute approximate surface area is 175 Å². The Bertz CT molecular complexity index is 641. The molecular formula is C20H29NO5S2. The molecular weight excluding hydrogens is 398 g/mol. The van der Waals surface area contributed by atoms with Crippen LogP contribution in [0.2, 0.25) is 0 Å². The van der Waals surface area contributed by atoms with Gasteiger partial charge in [-0.05, 0) is 25.2 Å². The molecule has 0 radical (unpaired) electrons. The van der Waals surface area contributed by atoms with Gasteiger partial charge in [-0.3, -0.25) is 9.59 Å². The maximum atomic E-state index is 12.9. The molecule has 0 aromatic heterocycles. The molecule has 1 heterocycles. The number of aliphatic hydroxyl groups excluding tert-OH is 1. The van der Waals surface area contributed by atoms with Gasteiger partial charge in [0.05, 0.1) is 23.0 Å². The van der Waals surface area contributed by atoms with Crippen molar-refractivity contribution in [2.75, 3.05) is 25.2 Å². The van der Waals surface area contributed by atoms with Gasteiger partial charge in [0, 0.05) is 17.9 Å². The number of ketones is 1. The van der Waals surface area contributed by atoms with E-state index in [9.17, 15) is 14.7 Å². The van der Waals surface area contributed by atoms with Gasteiger partial charge in [-0.15, -0.1) is 23.5 Å². The number of oxime groups is 1. The predicted molar refractivity (Wildman–Crippen MR) is 115 cm³/mol. The number of methoxy groups -OCH3 is 1. The van der Waals surface area contributed by atoms with Crippen LogP contribution in [-0.2, 0) is 19.2 Å². The van der Waals surface area contributed by atoms with E-state index in [1.807, 2.05) is 30.4 Å². The third-order valence-electron chi connectivity index (χ3n) is 4.81. The lowest BCUT2D eigenvalue weighted by molar-refractivity contribution is -0.147. The first-order valence-electron chi connectivity index (χ1n) is 9.60. The van der Waals surface area contributed by atoms with Crippen LogP contribution in [0.25, 0.3) is 0 Å². The Balaban J connectivity index is 2.29. The van der Waals surface area contributed by atoms with E-state index in [1.165, 1.54) is 7.11 Å². The minimum atomic E-state index is -0.837. The fraction of sp³-hybridized carbons (Fsp3) is 0.650. The summed E-state index contributed by atoms with van der Waals surface area (Å²) in [7, 11) is 1.31. The van der Waals surface area contributed by atoms with Gasteiger partial charge in [0.2, 0.25) is 0 Å². The number of thioether (sulfide) groups is 2. The normalized spacial score (nSPS) is 23.8.